The van der Waals surface area contributed by atoms with Gasteiger partial charge >= 0.3 is 0 Å². The van der Waals surface area contributed by atoms with Gasteiger partial charge in [-0.3, -0.25) is 0 Å². The van der Waals surface area contributed by atoms with Crippen molar-refractivity contribution in [1.82, 2.24) is 4.57 Å². The standard InChI is InChI=1S/C39H27N/c1-3-13-27(14-4-1)25-35-30-17-7-9-20-33(30)39(34-21-10-8-18-31(34)35)28-23-24-38-36(26-28)32-19-11-12-22-37(32)40(38)29-15-5-2-6-16-29/h1-24,26H,25H2. The summed E-state index contributed by atoms with van der Waals surface area (Å²) in [5.74, 6) is 0. The van der Waals surface area contributed by atoms with E-state index < -0.39 is 0 Å². The summed E-state index contributed by atoms with van der Waals surface area (Å²) >= 11 is 0. The maximum atomic E-state index is 2.40. The number of nitrogens with zero attached hydrogens (tertiary/aromatic N) is 1. The normalized spacial score (nSPS) is 11.6. The van der Waals surface area contributed by atoms with Gasteiger partial charge in [-0.2, -0.15) is 0 Å². The van der Waals surface area contributed by atoms with Crippen LogP contribution in [0.3, 0.4) is 0 Å². The Bertz CT molecular complexity index is 2110. The molecule has 1 heteroatoms. The number of rotatable bonds is 4. The molecule has 40 heavy (non-hydrogen) atoms. The van der Waals surface area contributed by atoms with Crippen LogP contribution in [-0.2, 0) is 6.42 Å². The first-order chi connectivity index (χ1) is 19.9. The minimum Gasteiger partial charge on any atom is -0.309 e. The fourth-order valence-corrected chi connectivity index (χ4v) is 6.50. The highest BCUT2D eigenvalue weighted by molar-refractivity contribution is 6.17. The van der Waals surface area contributed by atoms with Crippen molar-refractivity contribution in [3.63, 3.8) is 0 Å². The highest BCUT2D eigenvalue weighted by atomic mass is 15.0. The van der Waals surface area contributed by atoms with Gasteiger partial charge in [0.05, 0.1) is 11.0 Å². The van der Waals surface area contributed by atoms with Crippen molar-refractivity contribution < 1.29 is 0 Å². The van der Waals surface area contributed by atoms with Gasteiger partial charge in [0.1, 0.15) is 0 Å². The number of aromatic nitrogens is 1. The summed E-state index contributed by atoms with van der Waals surface area (Å²) in [6.07, 6.45) is 0.908. The molecule has 0 aliphatic rings. The lowest BCUT2D eigenvalue weighted by Crippen LogP contribution is -1.95. The molecule has 0 radical (unpaired) electrons. The Morgan fingerprint density at radius 2 is 0.925 bits per heavy atom. The van der Waals surface area contributed by atoms with Crippen LogP contribution < -0.4 is 0 Å². The predicted molar refractivity (Wildman–Crippen MR) is 170 cm³/mol. The Balaban J connectivity index is 1.43. The molecular formula is C39H27N. The molecular weight excluding hydrogens is 482 g/mol. The summed E-state index contributed by atoms with van der Waals surface area (Å²) in [5.41, 5.74) is 8.93. The van der Waals surface area contributed by atoms with Crippen molar-refractivity contribution in [3.05, 3.63) is 163 Å². The van der Waals surface area contributed by atoms with Crippen molar-refractivity contribution in [3.8, 4) is 16.8 Å². The zero-order chi connectivity index (χ0) is 26.5. The second kappa shape index (κ2) is 9.25. The summed E-state index contributed by atoms with van der Waals surface area (Å²) in [4.78, 5) is 0. The van der Waals surface area contributed by atoms with Crippen LogP contribution in [0.5, 0.6) is 0 Å². The molecule has 8 rings (SSSR count). The fraction of sp³-hybridized carbons (Fsp3) is 0.0256. The summed E-state index contributed by atoms with van der Waals surface area (Å²) in [7, 11) is 0. The minimum absolute atomic E-state index is 0.908. The molecule has 0 saturated heterocycles. The molecule has 1 aromatic heterocycles. The van der Waals surface area contributed by atoms with Crippen LogP contribution in [0.25, 0.3) is 60.2 Å². The Labute approximate surface area is 233 Å². The molecule has 0 unspecified atom stereocenters. The SMILES string of the molecule is c1ccc(Cc2c3ccccc3c(-c3ccc4c(c3)c3ccccc3n4-c3ccccc3)c3ccccc23)cc1. The number of para-hydroxylation sites is 2. The molecule has 0 fully saturated rings. The van der Waals surface area contributed by atoms with E-state index in [0.717, 1.165) is 6.42 Å². The van der Waals surface area contributed by atoms with Crippen molar-refractivity contribution in [2.75, 3.05) is 0 Å². The monoisotopic (exact) mass is 509 g/mol. The maximum absolute atomic E-state index is 2.40. The lowest BCUT2D eigenvalue weighted by molar-refractivity contribution is 1.18. The van der Waals surface area contributed by atoms with Crippen LogP contribution in [0.2, 0.25) is 0 Å². The zero-order valence-electron chi connectivity index (χ0n) is 22.1. The molecule has 7 aromatic carbocycles. The van der Waals surface area contributed by atoms with Crippen LogP contribution in [0.4, 0.5) is 0 Å². The van der Waals surface area contributed by atoms with Crippen molar-refractivity contribution in [2.45, 2.75) is 6.42 Å². The zero-order valence-corrected chi connectivity index (χ0v) is 22.1. The third kappa shape index (κ3) is 3.56. The lowest BCUT2D eigenvalue weighted by Gasteiger charge is -2.18. The number of fused-ring (bicyclic) bond motifs is 5. The molecule has 0 saturated carbocycles. The topological polar surface area (TPSA) is 4.93 Å². The van der Waals surface area contributed by atoms with E-state index in [1.807, 2.05) is 0 Å². The first-order valence-electron chi connectivity index (χ1n) is 13.9. The van der Waals surface area contributed by atoms with Gasteiger partial charge in [0.25, 0.3) is 0 Å². The first kappa shape index (κ1) is 22.8. The first-order valence-corrected chi connectivity index (χ1v) is 13.9. The average molecular weight is 510 g/mol. The Morgan fingerprint density at radius 1 is 0.400 bits per heavy atom. The molecule has 0 spiro atoms. The number of hydrogen-bond acceptors (Lipinski definition) is 0. The quantitative estimate of drug-likeness (QED) is 0.208. The third-order valence-electron chi connectivity index (χ3n) is 8.24. The number of hydrogen-bond donors (Lipinski definition) is 0. The summed E-state index contributed by atoms with van der Waals surface area (Å²) in [6, 6.07) is 55.1. The molecule has 0 amide bonds. The van der Waals surface area contributed by atoms with Crippen LogP contribution in [0, 0.1) is 0 Å². The molecule has 188 valence electrons. The van der Waals surface area contributed by atoms with E-state index in [4.69, 9.17) is 0 Å². The minimum atomic E-state index is 0.908. The Kier molecular flexibility index (Phi) is 5.28. The van der Waals surface area contributed by atoms with Gasteiger partial charge in [-0.05, 0) is 80.6 Å². The van der Waals surface area contributed by atoms with E-state index in [1.165, 1.54) is 71.3 Å². The Morgan fingerprint density at radius 3 is 1.60 bits per heavy atom. The van der Waals surface area contributed by atoms with Crippen molar-refractivity contribution in [1.29, 1.82) is 0 Å². The van der Waals surface area contributed by atoms with Gasteiger partial charge in [-0.1, -0.05) is 121 Å². The van der Waals surface area contributed by atoms with E-state index in [9.17, 15) is 0 Å². The summed E-state index contributed by atoms with van der Waals surface area (Å²) in [6.45, 7) is 0. The maximum Gasteiger partial charge on any atom is 0.0541 e. The molecule has 1 heterocycles. The predicted octanol–water partition coefficient (Wildman–Crippen LogP) is 10.3. The van der Waals surface area contributed by atoms with E-state index in [0.29, 0.717) is 0 Å². The summed E-state index contributed by atoms with van der Waals surface area (Å²) in [5, 5.41) is 7.81. The second-order valence-electron chi connectivity index (χ2n) is 10.5. The Hall–Kier alpha value is -5.14. The second-order valence-corrected chi connectivity index (χ2v) is 10.5. The highest BCUT2D eigenvalue weighted by Crippen LogP contribution is 2.42. The molecule has 0 N–H and O–H groups in total. The van der Waals surface area contributed by atoms with Crippen LogP contribution >= 0.6 is 0 Å². The van der Waals surface area contributed by atoms with Gasteiger partial charge in [0.2, 0.25) is 0 Å². The van der Waals surface area contributed by atoms with Crippen molar-refractivity contribution >= 4 is 43.4 Å². The molecule has 0 bridgehead atoms. The third-order valence-corrected chi connectivity index (χ3v) is 8.24. The van der Waals surface area contributed by atoms with Gasteiger partial charge in [0, 0.05) is 16.5 Å². The van der Waals surface area contributed by atoms with E-state index in [-0.39, 0.29) is 0 Å². The molecule has 0 atom stereocenters. The van der Waals surface area contributed by atoms with Gasteiger partial charge in [-0.15, -0.1) is 0 Å². The van der Waals surface area contributed by atoms with Gasteiger partial charge < -0.3 is 4.57 Å². The lowest BCUT2D eigenvalue weighted by atomic mass is 9.86. The average Bonchev–Trinajstić information content (AvgIpc) is 3.36. The van der Waals surface area contributed by atoms with Crippen LogP contribution in [-0.4, -0.2) is 4.57 Å². The molecule has 1 nitrogen and oxygen atoms in total. The van der Waals surface area contributed by atoms with Gasteiger partial charge in [0.15, 0.2) is 0 Å². The van der Waals surface area contributed by atoms with E-state index >= 15 is 0 Å². The molecule has 0 aliphatic heterocycles. The number of benzene rings is 7. The largest absolute Gasteiger partial charge is 0.309 e. The highest BCUT2D eigenvalue weighted by Gasteiger charge is 2.18. The van der Waals surface area contributed by atoms with Crippen LogP contribution in [0.15, 0.2) is 152 Å². The fourth-order valence-electron chi connectivity index (χ4n) is 6.50. The van der Waals surface area contributed by atoms with Crippen LogP contribution in [0.1, 0.15) is 11.1 Å². The van der Waals surface area contributed by atoms with E-state index in [2.05, 4.69) is 156 Å². The van der Waals surface area contributed by atoms with E-state index in [1.54, 1.807) is 0 Å². The molecule has 0 aliphatic carbocycles. The smallest absolute Gasteiger partial charge is 0.0541 e. The summed E-state index contributed by atoms with van der Waals surface area (Å²) < 4.78 is 2.38. The van der Waals surface area contributed by atoms with Gasteiger partial charge in [-0.25, -0.2) is 0 Å². The van der Waals surface area contributed by atoms with Crippen molar-refractivity contribution in [2.24, 2.45) is 0 Å². The molecule has 8 aromatic rings.